The lowest BCUT2D eigenvalue weighted by Crippen LogP contribution is -2.15. The number of para-hydroxylation sites is 1. The maximum absolute atomic E-state index is 12.3. The summed E-state index contributed by atoms with van der Waals surface area (Å²) in [6.07, 6.45) is 1.45. The van der Waals surface area contributed by atoms with Crippen LogP contribution in [0.3, 0.4) is 0 Å². The topological polar surface area (TPSA) is 69.0 Å². The van der Waals surface area contributed by atoms with Crippen molar-refractivity contribution in [2.45, 2.75) is 31.7 Å². The van der Waals surface area contributed by atoms with E-state index in [1.54, 1.807) is 18.2 Å². The molecular formula is C22H23ClN4O2S. The van der Waals surface area contributed by atoms with Crippen LogP contribution in [-0.4, -0.2) is 26.4 Å². The lowest BCUT2D eigenvalue weighted by Gasteiger charge is -2.16. The van der Waals surface area contributed by atoms with Crippen LogP contribution in [0.15, 0.2) is 66.3 Å². The molecule has 0 aliphatic carbocycles. The van der Waals surface area contributed by atoms with E-state index in [9.17, 15) is 4.79 Å². The van der Waals surface area contributed by atoms with Gasteiger partial charge < -0.3 is 10.1 Å². The van der Waals surface area contributed by atoms with E-state index in [4.69, 9.17) is 16.3 Å². The van der Waals surface area contributed by atoms with Gasteiger partial charge in [-0.3, -0.25) is 9.36 Å². The van der Waals surface area contributed by atoms with Crippen molar-refractivity contribution in [3.63, 3.8) is 0 Å². The zero-order chi connectivity index (χ0) is 21.5. The number of aryl methyl sites for hydroxylation is 1. The number of nitrogens with zero attached hydrogens (tertiary/aromatic N) is 3. The molecule has 1 unspecified atom stereocenters. The predicted octanol–water partition coefficient (Wildman–Crippen LogP) is 5.30. The van der Waals surface area contributed by atoms with E-state index in [2.05, 4.69) is 22.1 Å². The quantitative estimate of drug-likeness (QED) is 0.360. The van der Waals surface area contributed by atoms with E-state index < -0.39 is 0 Å². The Kier molecular flexibility index (Phi) is 7.54. The molecule has 6 nitrogen and oxygen atoms in total. The van der Waals surface area contributed by atoms with Crippen molar-refractivity contribution in [1.29, 1.82) is 0 Å². The number of carbonyl (C=O) groups is 1. The molecule has 1 heterocycles. The Hall–Kier alpha value is -2.77. The third-order valence-corrected chi connectivity index (χ3v) is 5.50. The SMILES string of the molecule is C=CCn1c(SCC(=O)Nc2ccccc2Cl)nnc1C(C)Oc1cccc(C)c1. The van der Waals surface area contributed by atoms with Crippen molar-refractivity contribution in [3.8, 4) is 5.75 Å². The molecule has 1 aromatic heterocycles. The second kappa shape index (κ2) is 10.3. The number of anilines is 1. The van der Waals surface area contributed by atoms with Crippen molar-refractivity contribution < 1.29 is 9.53 Å². The number of aromatic nitrogens is 3. The largest absolute Gasteiger partial charge is 0.483 e. The molecule has 2 aromatic carbocycles. The average Bonchev–Trinajstić information content (AvgIpc) is 3.11. The molecular weight excluding hydrogens is 420 g/mol. The summed E-state index contributed by atoms with van der Waals surface area (Å²) >= 11 is 7.39. The Balaban J connectivity index is 1.68. The molecule has 0 saturated heterocycles. The van der Waals surface area contributed by atoms with Gasteiger partial charge in [0, 0.05) is 6.54 Å². The van der Waals surface area contributed by atoms with Gasteiger partial charge in [0.1, 0.15) is 5.75 Å². The summed E-state index contributed by atoms with van der Waals surface area (Å²) in [6.45, 7) is 8.26. The zero-order valence-corrected chi connectivity index (χ0v) is 18.4. The third kappa shape index (κ3) is 5.64. The molecule has 3 aromatic rings. The van der Waals surface area contributed by atoms with E-state index in [-0.39, 0.29) is 17.8 Å². The Bertz CT molecular complexity index is 1040. The highest BCUT2D eigenvalue weighted by atomic mass is 35.5. The molecule has 0 radical (unpaired) electrons. The Morgan fingerprint density at radius 2 is 2.10 bits per heavy atom. The number of benzene rings is 2. The lowest BCUT2D eigenvalue weighted by molar-refractivity contribution is -0.113. The summed E-state index contributed by atoms with van der Waals surface area (Å²) in [5.74, 6) is 1.44. The van der Waals surface area contributed by atoms with Crippen LogP contribution in [0.5, 0.6) is 5.75 Å². The van der Waals surface area contributed by atoms with E-state index >= 15 is 0 Å². The van der Waals surface area contributed by atoms with Gasteiger partial charge in [0.2, 0.25) is 5.91 Å². The van der Waals surface area contributed by atoms with Gasteiger partial charge in [0.15, 0.2) is 17.1 Å². The van der Waals surface area contributed by atoms with Crippen molar-refractivity contribution in [2.75, 3.05) is 11.1 Å². The molecule has 0 fully saturated rings. The summed E-state index contributed by atoms with van der Waals surface area (Å²) in [4.78, 5) is 12.3. The highest BCUT2D eigenvalue weighted by molar-refractivity contribution is 7.99. The van der Waals surface area contributed by atoms with Crippen LogP contribution in [0, 0.1) is 6.92 Å². The highest BCUT2D eigenvalue weighted by Gasteiger charge is 2.20. The fourth-order valence-corrected chi connectivity index (χ4v) is 3.77. The first-order chi connectivity index (χ1) is 14.5. The Morgan fingerprint density at radius 3 is 2.83 bits per heavy atom. The van der Waals surface area contributed by atoms with Crippen LogP contribution in [0.2, 0.25) is 5.02 Å². The van der Waals surface area contributed by atoms with Gasteiger partial charge in [0.05, 0.1) is 16.5 Å². The first kappa shape index (κ1) is 21.9. The minimum Gasteiger partial charge on any atom is -0.483 e. The van der Waals surface area contributed by atoms with Crippen LogP contribution >= 0.6 is 23.4 Å². The van der Waals surface area contributed by atoms with Gasteiger partial charge in [0.25, 0.3) is 0 Å². The van der Waals surface area contributed by atoms with Crippen LogP contribution in [-0.2, 0) is 11.3 Å². The fraction of sp³-hybridized carbons (Fsp3) is 0.227. The predicted molar refractivity (Wildman–Crippen MR) is 121 cm³/mol. The van der Waals surface area contributed by atoms with E-state index in [1.807, 2.05) is 54.8 Å². The van der Waals surface area contributed by atoms with Crippen molar-refractivity contribution in [3.05, 3.63) is 77.6 Å². The monoisotopic (exact) mass is 442 g/mol. The summed E-state index contributed by atoms with van der Waals surface area (Å²) in [5.41, 5.74) is 1.70. The standard InChI is InChI=1S/C22H23ClN4O2S/c1-4-12-27-21(16(3)29-17-9-7-8-15(2)13-17)25-26-22(27)30-14-20(28)24-19-11-6-5-10-18(19)23/h4-11,13,16H,1,12,14H2,2-3H3,(H,24,28). The molecule has 3 rings (SSSR count). The number of rotatable bonds is 9. The number of hydrogen-bond donors (Lipinski definition) is 1. The maximum Gasteiger partial charge on any atom is 0.234 e. The van der Waals surface area contributed by atoms with Gasteiger partial charge in [-0.2, -0.15) is 0 Å². The molecule has 0 aliphatic rings. The minimum absolute atomic E-state index is 0.174. The number of ether oxygens (including phenoxy) is 1. The molecule has 156 valence electrons. The number of nitrogens with one attached hydrogen (secondary N) is 1. The third-order valence-electron chi connectivity index (χ3n) is 4.20. The molecule has 0 spiro atoms. The van der Waals surface area contributed by atoms with Crippen molar-refractivity contribution in [1.82, 2.24) is 14.8 Å². The van der Waals surface area contributed by atoms with Crippen LogP contribution < -0.4 is 10.1 Å². The van der Waals surface area contributed by atoms with Gasteiger partial charge >= 0.3 is 0 Å². The number of allylic oxidation sites excluding steroid dienone is 1. The second-order valence-electron chi connectivity index (χ2n) is 6.63. The molecule has 0 aliphatic heterocycles. The zero-order valence-electron chi connectivity index (χ0n) is 16.8. The summed E-state index contributed by atoms with van der Waals surface area (Å²) < 4.78 is 7.94. The van der Waals surface area contributed by atoms with Crippen LogP contribution in [0.1, 0.15) is 24.4 Å². The molecule has 1 amide bonds. The van der Waals surface area contributed by atoms with Crippen LogP contribution in [0.4, 0.5) is 5.69 Å². The molecule has 0 saturated carbocycles. The summed E-state index contributed by atoms with van der Waals surface area (Å²) in [7, 11) is 0. The van der Waals surface area contributed by atoms with Gasteiger partial charge in [-0.25, -0.2) is 0 Å². The van der Waals surface area contributed by atoms with E-state index in [1.165, 1.54) is 11.8 Å². The summed E-state index contributed by atoms with van der Waals surface area (Å²) in [6, 6.07) is 15.0. The minimum atomic E-state index is -0.314. The number of thioether (sulfide) groups is 1. The van der Waals surface area contributed by atoms with Crippen LogP contribution in [0.25, 0.3) is 0 Å². The Labute approximate surface area is 185 Å². The van der Waals surface area contributed by atoms with E-state index in [0.717, 1.165) is 11.3 Å². The first-order valence-corrected chi connectivity index (χ1v) is 10.8. The Morgan fingerprint density at radius 1 is 1.30 bits per heavy atom. The van der Waals surface area contributed by atoms with Gasteiger partial charge in [-0.15, -0.1) is 16.8 Å². The van der Waals surface area contributed by atoms with Gasteiger partial charge in [-0.05, 0) is 43.7 Å². The van der Waals surface area contributed by atoms with Crippen molar-refractivity contribution >= 4 is 35.0 Å². The molecule has 8 heteroatoms. The second-order valence-corrected chi connectivity index (χ2v) is 7.98. The molecule has 1 N–H and O–H groups in total. The van der Waals surface area contributed by atoms with Crippen molar-refractivity contribution in [2.24, 2.45) is 0 Å². The number of hydrogen-bond acceptors (Lipinski definition) is 5. The molecule has 30 heavy (non-hydrogen) atoms. The summed E-state index contributed by atoms with van der Waals surface area (Å²) in [5, 5.41) is 12.5. The first-order valence-electron chi connectivity index (χ1n) is 9.42. The molecule has 1 atom stereocenters. The highest BCUT2D eigenvalue weighted by Crippen LogP contribution is 2.26. The lowest BCUT2D eigenvalue weighted by atomic mass is 10.2. The van der Waals surface area contributed by atoms with Gasteiger partial charge in [-0.1, -0.05) is 53.7 Å². The smallest absolute Gasteiger partial charge is 0.234 e. The number of halogens is 1. The number of amides is 1. The van der Waals surface area contributed by atoms with E-state index in [0.29, 0.717) is 28.2 Å². The number of carbonyl (C=O) groups excluding carboxylic acids is 1. The fourth-order valence-electron chi connectivity index (χ4n) is 2.83. The maximum atomic E-state index is 12.3. The normalized spacial score (nSPS) is 11.7. The average molecular weight is 443 g/mol. The molecule has 0 bridgehead atoms.